The number of hydrogen-bond donors (Lipinski definition) is 2. The molecule has 130 valence electrons. The minimum absolute atomic E-state index is 0.111. The van der Waals surface area contributed by atoms with Crippen LogP contribution in [0, 0.1) is 0 Å². The summed E-state index contributed by atoms with van der Waals surface area (Å²) < 4.78 is 5.17. The van der Waals surface area contributed by atoms with Gasteiger partial charge in [0.05, 0.1) is 12.5 Å². The third-order valence-corrected chi connectivity index (χ3v) is 3.60. The molecule has 0 spiro atoms. The van der Waals surface area contributed by atoms with Crippen molar-refractivity contribution < 1.29 is 19.1 Å². The highest BCUT2D eigenvalue weighted by Gasteiger charge is 2.25. The van der Waals surface area contributed by atoms with Crippen LogP contribution in [0.2, 0.25) is 0 Å². The van der Waals surface area contributed by atoms with Crippen molar-refractivity contribution in [2.75, 3.05) is 5.32 Å². The van der Waals surface area contributed by atoms with Gasteiger partial charge >= 0.3 is 6.09 Å². The maximum Gasteiger partial charge on any atom is 0.412 e. The van der Waals surface area contributed by atoms with E-state index in [2.05, 4.69) is 10.6 Å². The van der Waals surface area contributed by atoms with Gasteiger partial charge in [-0.05, 0) is 51.3 Å². The summed E-state index contributed by atoms with van der Waals surface area (Å²) in [5.41, 5.74) is 0.854. The van der Waals surface area contributed by atoms with E-state index in [1.54, 1.807) is 45.0 Å². The van der Waals surface area contributed by atoms with E-state index in [0.29, 0.717) is 12.1 Å². The Kier molecular flexibility index (Phi) is 5.59. The number of carbonyl (C=O) groups excluding carboxylic acids is 3. The zero-order chi connectivity index (χ0) is 17.7. The Hall–Kier alpha value is -2.37. The second kappa shape index (κ2) is 7.47. The molecule has 0 aliphatic heterocycles. The lowest BCUT2D eigenvalue weighted by atomic mass is 10.1. The van der Waals surface area contributed by atoms with Crippen molar-refractivity contribution in [1.82, 2.24) is 5.32 Å². The number of nitrogens with one attached hydrogen (secondary N) is 2. The summed E-state index contributed by atoms with van der Waals surface area (Å²) in [6.07, 6.45) is 1.80. The molecule has 6 nitrogen and oxygen atoms in total. The maximum atomic E-state index is 12.0. The van der Waals surface area contributed by atoms with Gasteiger partial charge in [0.15, 0.2) is 5.78 Å². The Morgan fingerprint density at radius 2 is 1.88 bits per heavy atom. The maximum absolute atomic E-state index is 12.0. The normalized spacial score (nSPS) is 17.5. The van der Waals surface area contributed by atoms with Gasteiger partial charge in [0, 0.05) is 12.1 Å². The van der Waals surface area contributed by atoms with Gasteiger partial charge in [-0.25, -0.2) is 4.79 Å². The Morgan fingerprint density at radius 3 is 2.42 bits per heavy atom. The monoisotopic (exact) mass is 332 g/mol. The van der Waals surface area contributed by atoms with E-state index in [1.807, 2.05) is 0 Å². The summed E-state index contributed by atoms with van der Waals surface area (Å²) in [6.45, 7) is 5.39. The van der Waals surface area contributed by atoms with Crippen LogP contribution < -0.4 is 10.6 Å². The summed E-state index contributed by atoms with van der Waals surface area (Å²) in [5, 5.41) is 5.41. The molecular formula is C18H24N2O4. The molecule has 0 radical (unpaired) electrons. The van der Waals surface area contributed by atoms with Crippen molar-refractivity contribution in [1.29, 1.82) is 0 Å². The standard InChI is InChI=1S/C18H24N2O4/c1-18(2,3)24-17(23)19-13-9-7-12(8-10-13)11-16(22)20-14-5-4-6-15(14)21/h7-10,14H,4-6,11H2,1-3H3,(H,19,23)(H,20,22). The van der Waals surface area contributed by atoms with Crippen LogP contribution in [0.1, 0.15) is 45.6 Å². The SMILES string of the molecule is CC(C)(C)OC(=O)Nc1ccc(CC(=O)NC2CCCC2=O)cc1. The fourth-order valence-corrected chi connectivity index (χ4v) is 2.53. The van der Waals surface area contributed by atoms with Crippen LogP contribution in [0.4, 0.5) is 10.5 Å². The van der Waals surface area contributed by atoms with E-state index in [-0.39, 0.29) is 24.2 Å². The highest BCUT2D eigenvalue weighted by Crippen LogP contribution is 2.15. The molecule has 2 N–H and O–H groups in total. The molecule has 6 heteroatoms. The van der Waals surface area contributed by atoms with Gasteiger partial charge in [-0.2, -0.15) is 0 Å². The molecule has 1 atom stereocenters. The van der Waals surface area contributed by atoms with Crippen molar-refractivity contribution in [3.8, 4) is 0 Å². The molecule has 1 unspecified atom stereocenters. The summed E-state index contributed by atoms with van der Waals surface area (Å²) in [4.78, 5) is 35.2. The van der Waals surface area contributed by atoms with Gasteiger partial charge in [-0.3, -0.25) is 14.9 Å². The summed E-state index contributed by atoms with van der Waals surface area (Å²) in [5.74, 6) is -0.0524. The van der Waals surface area contributed by atoms with E-state index in [1.165, 1.54) is 0 Å². The number of ketones is 1. The zero-order valence-electron chi connectivity index (χ0n) is 14.3. The van der Waals surface area contributed by atoms with Gasteiger partial charge in [-0.15, -0.1) is 0 Å². The molecule has 1 aliphatic rings. The molecule has 0 heterocycles. The third-order valence-electron chi connectivity index (χ3n) is 3.60. The topological polar surface area (TPSA) is 84.5 Å². The second-order valence-electron chi connectivity index (χ2n) is 6.98. The number of ether oxygens (including phenoxy) is 1. The molecule has 0 saturated heterocycles. The van der Waals surface area contributed by atoms with Gasteiger partial charge in [0.25, 0.3) is 0 Å². The first kappa shape index (κ1) is 18.0. The quantitative estimate of drug-likeness (QED) is 0.888. The number of hydrogen-bond acceptors (Lipinski definition) is 4. The molecule has 1 aromatic rings. The highest BCUT2D eigenvalue weighted by atomic mass is 16.6. The molecule has 1 fully saturated rings. The number of rotatable bonds is 4. The first-order valence-corrected chi connectivity index (χ1v) is 8.14. The number of anilines is 1. The molecular weight excluding hydrogens is 308 g/mol. The fourth-order valence-electron chi connectivity index (χ4n) is 2.53. The molecule has 1 saturated carbocycles. The van der Waals surface area contributed by atoms with Crippen LogP contribution in [-0.2, 0) is 20.7 Å². The Morgan fingerprint density at radius 1 is 1.21 bits per heavy atom. The molecule has 0 aromatic heterocycles. The number of benzene rings is 1. The van der Waals surface area contributed by atoms with E-state index in [4.69, 9.17) is 4.74 Å². The van der Waals surface area contributed by atoms with E-state index in [0.717, 1.165) is 18.4 Å². The lowest BCUT2D eigenvalue weighted by Gasteiger charge is -2.19. The van der Waals surface area contributed by atoms with Gasteiger partial charge in [0.2, 0.25) is 5.91 Å². The first-order chi connectivity index (χ1) is 11.2. The summed E-state index contributed by atoms with van der Waals surface area (Å²) in [7, 11) is 0. The third kappa shape index (κ3) is 5.68. The summed E-state index contributed by atoms with van der Waals surface area (Å²) >= 11 is 0. The second-order valence-corrected chi connectivity index (χ2v) is 6.98. The fraction of sp³-hybridized carbons (Fsp3) is 0.500. The zero-order valence-corrected chi connectivity index (χ0v) is 14.3. The van der Waals surface area contributed by atoms with Crippen molar-refractivity contribution in [2.45, 2.75) is 58.1 Å². The van der Waals surface area contributed by atoms with Gasteiger partial charge in [-0.1, -0.05) is 12.1 Å². The average Bonchev–Trinajstić information content (AvgIpc) is 2.84. The largest absolute Gasteiger partial charge is 0.444 e. The molecule has 1 aromatic carbocycles. The Labute approximate surface area is 142 Å². The molecule has 0 bridgehead atoms. The number of carbonyl (C=O) groups is 3. The molecule has 1 aliphatic carbocycles. The molecule has 2 rings (SSSR count). The smallest absolute Gasteiger partial charge is 0.412 e. The minimum Gasteiger partial charge on any atom is -0.444 e. The van der Waals surface area contributed by atoms with Crippen LogP contribution >= 0.6 is 0 Å². The Bertz CT molecular complexity index is 617. The van der Waals surface area contributed by atoms with Gasteiger partial charge in [0.1, 0.15) is 5.60 Å². The van der Waals surface area contributed by atoms with Crippen LogP contribution in [0.5, 0.6) is 0 Å². The van der Waals surface area contributed by atoms with E-state index >= 15 is 0 Å². The summed E-state index contributed by atoms with van der Waals surface area (Å²) in [6, 6.07) is 6.64. The van der Waals surface area contributed by atoms with Crippen LogP contribution in [0.3, 0.4) is 0 Å². The first-order valence-electron chi connectivity index (χ1n) is 8.14. The predicted octanol–water partition coefficient (Wildman–Crippen LogP) is 2.81. The number of amides is 2. The van der Waals surface area contributed by atoms with Crippen LogP contribution in [0.15, 0.2) is 24.3 Å². The highest BCUT2D eigenvalue weighted by molar-refractivity contribution is 5.91. The van der Waals surface area contributed by atoms with Gasteiger partial charge < -0.3 is 10.1 Å². The van der Waals surface area contributed by atoms with E-state index < -0.39 is 11.7 Å². The molecule has 2 amide bonds. The average molecular weight is 332 g/mol. The van der Waals surface area contributed by atoms with Crippen molar-refractivity contribution in [3.63, 3.8) is 0 Å². The van der Waals surface area contributed by atoms with Crippen LogP contribution in [-0.4, -0.2) is 29.4 Å². The Balaban J connectivity index is 1.84. The predicted molar refractivity (Wildman–Crippen MR) is 90.8 cm³/mol. The van der Waals surface area contributed by atoms with Crippen LogP contribution in [0.25, 0.3) is 0 Å². The van der Waals surface area contributed by atoms with Crippen molar-refractivity contribution in [3.05, 3.63) is 29.8 Å². The van der Waals surface area contributed by atoms with E-state index in [9.17, 15) is 14.4 Å². The van der Waals surface area contributed by atoms with Crippen molar-refractivity contribution >= 4 is 23.5 Å². The molecule has 24 heavy (non-hydrogen) atoms. The van der Waals surface area contributed by atoms with Crippen molar-refractivity contribution in [2.24, 2.45) is 0 Å². The number of Topliss-reactive ketones (excluding diaryl/α,β-unsaturated/α-hetero) is 1. The lowest BCUT2D eigenvalue weighted by molar-refractivity contribution is -0.126. The minimum atomic E-state index is -0.556. The lowest BCUT2D eigenvalue weighted by Crippen LogP contribution is -2.38.